The lowest BCUT2D eigenvalue weighted by Gasteiger charge is -2.16. The average Bonchev–Trinajstić information content (AvgIpc) is 2.56. The smallest absolute Gasteiger partial charge is 0.289 e. The zero-order valence-corrected chi connectivity index (χ0v) is 13.1. The molecule has 0 N–H and O–H groups in total. The molecule has 3 rings (SSSR count). The second-order valence-corrected chi connectivity index (χ2v) is 5.51. The highest BCUT2D eigenvalue weighted by Gasteiger charge is 2.17. The summed E-state index contributed by atoms with van der Waals surface area (Å²) in [6.07, 6.45) is 1.60. The molecule has 1 aromatic carbocycles. The summed E-state index contributed by atoms with van der Waals surface area (Å²) in [5, 5.41) is 0.844. The van der Waals surface area contributed by atoms with Gasteiger partial charge in [0.1, 0.15) is 10.7 Å². The lowest BCUT2D eigenvalue weighted by molar-refractivity contribution is 0.0754. The summed E-state index contributed by atoms with van der Waals surface area (Å²) in [6, 6.07) is 11.5. The van der Waals surface area contributed by atoms with Gasteiger partial charge in [-0.3, -0.25) is 9.59 Å². The fraction of sp³-hybridized carbons (Fsp3) is 0.118. The van der Waals surface area contributed by atoms with E-state index in [4.69, 9.17) is 16.0 Å². The molecule has 0 saturated heterocycles. The van der Waals surface area contributed by atoms with E-state index in [1.165, 1.54) is 11.0 Å². The van der Waals surface area contributed by atoms with E-state index in [0.717, 1.165) is 5.56 Å². The molecular weight excluding hydrogens is 316 g/mol. The van der Waals surface area contributed by atoms with Crippen LogP contribution in [0.5, 0.6) is 0 Å². The number of carbonyl (C=O) groups is 1. The van der Waals surface area contributed by atoms with Crippen LogP contribution in [0.4, 0.5) is 0 Å². The summed E-state index contributed by atoms with van der Waals surface area (Å²) in [6.45, 7) is 0.333. The molecule has 0 atom stereocenters. The van der Waals surface area contributed by atoms with Crippen LogP contribution in [-0.4, -0.2) is 22.8 Å². The largest absolute Gasteiger partial charge is 0.451 e. The Hall–Kier alpha value is -2.66. The van der Waals surface area contributed by atoms with Crippen molar-refractivity contribution in [3.05, 3.63) is 75.4 Å². The molecule has 116 valence electrons. The molecule has 2 aromatic heterocycles. The van der Waals surface area contributed by atoms with Crippen LogP contribution in [0.3, 0.4) is 0 Å². The van der Waals surface area contributed by atoms with Crippen LogP contribution in [0.2, 0.25) is 5.15 Å². The summed E-state index contributed by atoms with van der Waals surface area (Å²) in [5.41, 5.74) is 0.982. The van der Waals surface area contributed by atoms with Gasteiger partial charge >= 0.3 is 0 Å². The van der Waals surface area contributed by atoms with Crippen LogP contribution in [0, 0.1) is 0 Å². The molecule has 0 aliphatic heterocycles. The molecule has 3 aromatic rings. The van der Waals surface area contributed by atoms with Crippen molar-refractivity contribution in [1.29, 1.82) is 0 Å². The second kappa shape index (κ2) is 6.22. The minimum atomic E-state index is -0.372. The minimum Gasteiger partial charge on any atom is -0.451 e. The Morgan fingerprint density at radius 2 is 2.04 bits per heavy atom. The molecule has 0 fully saturated rings. The molecule has 6 heteroatoms. The maximum atomic E-state index is 12.5. The Kier molecular flexibility index (Phi) is 4.12. The lowest BCUT2D eigenvalue weighted by atomic mass is 10.2. The monoisotopic (exact) mass is 328 g/mol. The standard InChI is InChI=1S/C17H13ClN2O3/c1-20(10-11-6-7-16(18)19-9-11)17(22)15-8-13(21)12-4-2-3-5-14(12)23-15/h2-9H,10H2,1H3. The molecule has 2 heterocycles. The SMILES string of the molecule is CN(Cc1ccc(Cl)nc1)C(=O)c1cc(=O)c2ccccc2o1. The van der Waals surface area contributed by atoms with Gasteiger partial charge in [-0.2, -0.15) is 0 Å². The first-order valence-corrected chi connectivity index (χ1v) is 7.31. The maximum Gasteiger partial charge on any atom is 0.289 e. The van der Waals surface area contributed by atoms with Crippen LogP contribution < -0.4 is 5.43 Å². The summed E-state index contributed by atoms with van der Waals surface area (Å²) in [4.78, 5) is 30.0. The normalized spacial score (nSPS) is 10.7. The van der Waals surface area contributed by atoms with E-state index in [1.54, 1.807) is 49.6 Å². The van der Waals surface area contributed by atoms with E-state index in [1.807, 2.05) is 0 Å². The number of para-hydroxylation sites is 1. The Morgan fingerprint density at radius 1 is 1.26 bits per heavy atom. The molecule has 5 nitrogen and oxygen atoms in total. The van der Waals surface area contributed by atoms with Gasteiger partial charge in [0.15, 0.2) is 11.2 Å². The van der Waals surface area contributed by atoms with Gasteiger partial charge in [0.25, 0.3) is 5.91 Å². The Labute approximate surface area is 137 Å². The zero-order valence-electron chi connectivity index (χ0n) is 12.3. The van der Waals surface area contributed by atoms with Crippen LogP contribution in [-0.2, 0) is 6.54 Å². The van der Waals surface area contributed by atoms with E-state index in [0.29, 0.717) is 22.7 Å². The number of amides is 1. The lowest BCUT2D eigenvalue weighted by Crippen LogP contribution is -2.27. The maximum absolute atomic E-state index is 12.5. The molecule has 0 unspecified atom stereocenters. The number of pyridine rings is 1. The van der Waals surface area contributed by atoms with Crippen molar-refractivity contribution in [3.8, 4) is 0 Å². The number of fused-ring (bicyclic) bond motifs is 1. The van der Waals surface area contributed by atoms with Crippen molar-refractivity contribution >= 4 is 28.5 Å². The van der Waals surface area contributed by atoms with Crippen molar-refractivity contribution in [2.75, 3.05) is 7.05 Å². The first-order chi connectivity index (χ1) is 11.0. The molecule has 0 aliphatic rings. The van der Waals surface area contributed by atoms with Gasteiger partial charge in [-0.25, -0.2) is 4.98 Å². The zero-order chi connectivity index (χ0) is 16.4. The second-order valence-electron chi connectivity index (χ2n) is 5.12. The highest BCUT2D eigenvalue weighted by molar-refractivity contribution is 6.29. The number of hydrogen-bond donors (Lipinski definition) is 0. The van der Waals surface area contributed by atoms with Gasteiger partial charge < -0.3 is 9.32 Å². The number of nitrogens with zero attached hydrogens (tertiary/aromatic N) is 2. The van der Waals surface area contributed by atoms with Crippen LogP contribution >= 0.6 is 11.6 Å². The van der Waals surface area contributed by atoms with Crippen LogP contribution in [0.15, 0.2) is 57.9 Å². The molecule has 0 bridgehead atoms. The van der Waals surface area contributed by atoms with Crippen molar-refractivity contribution in [2.45, 2.75) is 6.54 Å². The van der Waals surface area contributed by atoms with E-state index < -0.39 is 0 Å². The predicted molar refractivity (Wildman–Crippen MR) is 87.5 cm³/mol. The number of benzene rings is 1. The summed E-state index contributed by atoms with van der Waals surface area (Å²) >= 11 is 5.74. The molecule has 0 spiro atoms. The fourth-order valence-electron chi connectivity index (χ4n) is 2.24. The van der Waals surface area contributed by atoms with Crippen LogP contribution in [0.1, 0.15) is 16.1 Å². The molecule has 0 radical (unpaired) electrons. The fourth-order valence-corrected chi connectivity index (χ4v) is 2.35. The minimum absolute atomic E-state index is 0.0122. The molecule has 23 heavy (non-hydrogen) atoms. The molecular formula is C17H13ClN2O3. The van der Waals surface area contributed by atoms with Crippen molar-refractivity contribution < 1.29 is 9.21 Å². The van der Waals surface area contributed by atoms with E-state index >= 15 is 0 Å². The summed E-state index contributed by atoms with van der Waals surface area (Å²) in [7, 11) is 1.63. The van der Waals surface area contributed by atoms with Gasteiger partial charge in [-0.15, -0.1) is 0 Å². The average molecular weight is 329 g/mol. The number of aromatic nitrogens is 1. The first-order valence-electron chi connectivity index (χ1n) is 6.93. The number of halogens is 1. The Bertz CT molecular complexity index is 919. The topological polar surface area (TPSA) is 63.4 Å². The Morgan fingerprint density at radius 3 is 2.78 bits per heavy atom. The van der Waals surface area contributed by atoms with E-state index in [-0.39, 0.29) is 17.1 Å². The van der Waals surface area contributed by atoms with Gasteiger partial charge in [-0.1, -0.05) is 29.8 Å². The first kappa shape index (κ1) is 15.2. The van der Waals surface area contributed by atoms with E-state index in [2.05, 4.69) is 4.98 Å². The number of hydrogen-bond acceptors (Lipinski definition) is 4. The van der Waals surface area contributed by atoms with Crippen LogP contribution in [0.25, 0.3) is 11.0 Å². The van der Waals surface area contributed by atoms with Crippen molar-refractivity contribution in [2.24, 2.45) is 0 Å². The third-order valence-electron chi connectivity index (χ3n) is 3.40. The quantitative estimate of drug-likeness (QED) is 0.693. The highest BCUT2D eigenvalue weighted by atomic mass is 35.5. The third kappa shape index (κ3) is 3.24. The summed E-state index contributed by atoms with van der Waals surface area (Å²) < 4.78 is 5.55. The van der Waals surface area contributed by atoms with Crippen molar-refractivity contribution in [3.63, 3.8) is 0 Å². The summed E-state index contributed by atoms with van der Waals surface area (Å²) in [5.74, 6) is -0.360. The molecule has 0 saturated carbocycles. The third-order valence-corrected chi connectivity index (χ3v) is 3.62. The van der Waals surface area contributed by atoms with Gasteiger partial charge in [0.2, 0.25) is 0 Å². The molecule has 0 aliphatic carbocycles. The van der Waals surface area contributed by atoms with E-state index in [9.17, 15) is 9.59 Å². The predicted octanol–water partition coefficient (Wildman–Crippen LogP) is 3.11. The number of rotatable bonds is 3. The number of carbonyl (C=O) groups excluding carboxylic acids is 1. The van der Waals surface area contributed by atoms with Crippen molar-refractivity contribution in [1.82, 2.24) is 9.88 Å². The highest BCUT2D eigenvalue weighted by Crippen LogP contribution is 2.14. The van der Waals surface area contributed by atoms with Gasteiger partial charge in [0.05, 0.1) is 5.39 Å². The Balaban J connectivity index is 1.87. The van der Waals surface area contributed by atoms with Gasteiger partial charge in [0, 0.05) is 25.9 Å². The van der Waals surface area contributed by atoms with Gasteiger partial charge in [-0.05, 0) is 23.8 Å². The molecule has 1 amide bonds.